The first-order chi connectivity index (χ1) is 13.3. The van der Waals surface area contributed by atoms with Gasteiger partial charge in [-0.2, -0.15) is 0 Å². The average molecular weight is 382 g/mol. The van der Waals surface area contributed by atoms with Crippen LogP contribution in [-0.2, 0) is 0 Å². The number of nitrogens with two attached hydrogens (primary N) is 1. The van der Waals surface area contributed by atoms with Gasteiger partial charge in [0, 0.05) is 36.0 Å². The third-order valence-corrected chi connectivity index (χ3v) is 4.96. The van der Waals surface area contributed by atoms with Gasteiger partial charge in [-0.3, -0.25) is 19.7 Å². The van der Waals surface area contributed by atoms with Gasteiger partial charge in [0.1, 0.15) is 5.69 Å². The molecule has 2 aromatic rings. The summed E-state index contributed by atoms with van der Waals surface area (Å²) in [6.07, 6.45) is 1.96. The number of carbonyl (C=O) groups is 2. The van der Waals surface area contributed by atoms with Gasteiger partial charge in [-0.1, -0.05) is 13.0 Å². The van der Waals surface area contributed by atoms with Crippen molar-refractivity contribution in [3.05, 3.63) is 63.7 Å². The summed E-state index contributed by atoms with van der Waals surface area (Å²) in [7, 11) is 0. The maximum absolute atomic E-state index is 12.5. The lowest BCUT2D eigenvalue weighted by Crippen LogP contribution is -2.33. The molecule has 3 N–H and O–H groups in total. The van der Waals surface area contributed by atoms with Crippen LogP contribution in [0.3, 0.4) is 0 Å². The summed E-state index contributed by atoms with van der Waals surface area (Å²) < 4.78 is 0. The number of amides is 2. The number of nitro benzene ring substituents is 1. The Bertz CT molecular complexity index is 920. The molecule has 2 aromatic carbocycles. The normalized spacial score (nSPS) is 14.5. The Labute approximate surface area is 162 Å². The minimum atomic E-state index is -0.605. The Morgan fingerprint density at radius 2 is 1.86 bits per heavy atom. The minimum Gasteiger partial charge on any atom is -0.366 e. The van der Waals surface area contributed by atoms with Gasteiger partial charge >= 0.3 is 0 Å². The van der Waals surface area contributed by atoms with Crippen LogP contribution in [-0.4, -0.2) is 29.8 Å². The largest absolute Gasteiger partial charge is 0.366 e. The van der Waals surface area contributed by atoms with Crippen LogP contribution in [0.15, 0.2) is 42.5 Å². The van der Waals surface area contributed by atoms with Gasteiger partial charge in [0.05, 0.1) is 4.92 Å². The number of carbonyl (C=O) groups excluding carboxylic acids is 2. The predicted octanol–water partition coefficient (Wildman–Crippen LogP) is 3.18. The molecule has 1 saturated heterocycles. The molecular formula is C20H22N4O4. The Hall–Kier alpha value is -3.42. The maximum atomic E-state index is 12.5. The van der Waals surface area contributed by atoms with Crippen LogP contribution >= 0.6 is 0 Å². The van der Waals surface area contributed by atoms with E-state index in [1.807, 2.05) is 4.90 Å². The molecule has 1 aliphatic heterocycles. The first kappa shape index (κ1) is 19.3. The van der Waals surface area contributed by atoms with Gasteiger partial charge in [-0.05, 0) is 49.1 Å². The topological polar surface area (TPSA) is 119 Å². The van der Waals surface area contributed by atoms with E-state index in [2.05, 4.69) is 12.2 Å². The molecule has 0 atom stereocenters. The quantitative estimate of drug-likeness (QED) is 0.608. The number of hydrogen-bond donors (Lipinski definition) is 2. The summed E-state index contributed by atoms with van der Waals surface area (Å²) >= 11 is 0. The lowest BCUT2D eigenvalue weighted by atomic mass is 9.98. The zero-order valence-electron chi connectivity index (χ0n) is 15.6. The average Bonchev–Trinajstić information content (AvgIpc) is 2.68. The van der Waals surface area contributed by atoms with Gasteiger partial charge in [0.15, 0.2) is 0 Å². The number of benzene rings is 2. The Kier molecular flexibility index (Phi) is 5.58. The van der Waals surface area contributed by atoms with E-state index in [0.717, 1.165) is 25.9 Å². The third-order valence-electron chi connectivity index (χ3n) is 4.96. The van der Waals surface area contributed by atoms with E-state index < -0.39 is 16.7 Å². The summed E-state index contributed by atoms with van der Waals surface area (Å²) in [5.41, 5.74) is 6.51. The Balaban J connectivity index is 1.83. The van der Waals surface area contributed by atoms with Gasteiger partial charge in [0.25, 0.3) is 11.6 Å². The van der Waals surface area contributed by atoms with E-state index in [0.29, 0.717) is 17.3 Å². The highest BCUT2D eigenvalue weighted by molar-refractivity contribution is 6.05. The van der Waals surface area contributed by atoms with E-state index >= 15 is 0 Å². The van der Waals surface area contributed by atoms with Crippen molar-refractivity contribution < 1.29 is 14.5 Å². The molecule has 0 saturated carbocycles. The maximum Gasteiger partial charge on any atom is 0.293 e. The molecule has 8 nitrogen and oxygen atoms in total. The van der Waals surface area contributed by atoms with Gasteiger partial charge in [0.2, 0.25) is 5.91 Å². The van der Waals surface area contributed by atoms with Gasteiger partial charge in [-0.15, -0.1) is 0 Å². The molecule has 1 aliphatic rings. The fraction of sp³-hybridized carbons (Fsp3) is 0.300. The highest BCUT2D eigenvalue weighted by Gasteiger charge is 2.24. The number of nitro groups is 1. The van der Waals surface area contributed by atoms with Crippen LogP contribution in [0.5, 0.6) is 0 Å². The first-order valence-electron chi connectivity index (χ1n) is 9.09. The number of hydrogen-bond acceptors (Lipinski definition) is 5. The summed E-state index contributed by atoms with van der Waals surface area (Å²) in [5, 5.41) is 14.2. The van der Waals surface area contributed by atoms with Crippen molar-refractivity contribution >= 4 is 28.9 Å². The fourth-order valence-electron chi connectivity index (χ4n) is 3.28. The number of rotatable bonds is 5. The standard InChI is InChI=1S/C20H22N4O4/c1-13-7-9-23(10-8-13)17-6-5-15(12-18(17)24(27)28)20(26)22-16-4-2-3-14(11-16)19(21)25/h2-6,11-13H,7-10H2,1H3,(H2,21,25)(H,22,26). The van der Waals surface area contributed by atoms with Crippen LogP contribution in [0.4, 0.5) is 17.1 Å². The minimum absolute atomic E-state index is 0.0897. The number of anilines is 2. The highest BCUT2D eigenvalue weighted by atomic mass is 16.6. The number of piperidine rings is 1. The molecule has 0 spiro atoms. The van der Waals surface area contributed by atoms with Crippen molar-refractivity contribution in [3.8, 4) is 0 Å². The summed E-state index contributed by atoms with van der Waals surface area (Å²) in [6, 6.07) is 10.7. The molecule has 28 heavy (non-hydrogen) atoms. The van der Waals surface area contributed by atoms with Crippen LogP contribution in [0.1, 0.15) is 40.5 Å². The molecular weight excluding hydrogens is 360 g/mol. The van der Waals surface area contributed by atoms with Crippen molar-refractivity contribution in [3.63, 3.8) is 0 Å². The zero-order chi connectivity index (χ0) is 20.3. The van der Waals surface area contributed by atoms with E-state index in [4.69, 9.17) is 5.73 Å². The van der Waals surface area contributed by atoms with Crippen molar-refractivity contribution in [2.45, 2.75) is 19.8 Å². The van der Waals surface area contributed by atoms with Crippen LogP contribution in [0.25, 0.3) is 0 Å². The molecule has 3 rings (SSSR count). The molecule has 0 radical (unpaired) electrons. The molecule has 8 heteroatoms. The number of primary amides is 1. The van der Waals surface area contributed by atoms with E-state index in [1.54, 1.807) is 24.3 Å². The lowest BCUT2D eigenvalue weighted by Gasteiger charge is -2.31. The van der Waals surface area contributed by atoms with Gasteiger partial charge in [-0.25, -0.2) is 0 Å². The predicted molar refractivity (Wildman–Crippen MR) is 107 cm³/mol. The SMILES string of the molecule is CC1CCN(c2ccc(C(=O)Nc3cccc(C(N)=O)c3)cc2[N+](=O)[O-])CC1. The van der Waals surface area contributed by atoms with E-state index in [1.165, 1.54) is 18.2 Å². The smallest absolute Gasteiger partial charge is 0.293 e. The molecule has 2 amide bonds. The van der Waals surface area contributed by atoms with Crippen LogP contribution < -0.4 is 16.0 Å². The fourth-order valence-corrected chi connectivity index (χ4v) is 3.28. The molecule has 0 bridgehead atoms. The molecule has 146 valence electrons. The molecule has 0 aromatic heterocycles. The van der Waals surface area contributed by atoms with Gasteiger partial charge < -0.3 is 16.0 Å². The molecule has 1 heterocycles. The van der Waals surface area contributed by atoms with Crippen molar-refractivity contribution in [1.29, 1.82) is 0 Å². The van der Waals surface area contributed by atoms with Crippen LogP contribution in [0, 0.1) is 16.0 Å². The monoisotopic (exact) mass is 382 g/mol. The Morgan fingerprint density at radius 1 is 1.14 bits per heavy atom. The second-order valence-electron chi connectivity index (χ2n) is 7.03. The summed E-state index contributed by atoms with van der Waals surface area (Å²) in [6.45, 7) is 3.69. The van der Waals surface area contributed by atoms with Crippen LogP contribution in [0.2, 0.25) is 0 Å². The molecule has 0 unspecified atom stereocenters. The van der Waals surface area contributed by atoms with Crippen molar-refractivity contribution in [1.82, 2.24) is 0 Å². The third kappa shape index (κ3) is 4.28. The summed E-state index contributed by atoms with van der Waals surface area (Å²) in [5.74, 6) is -0.494. The molecule has 0 aliphatic carbocycles. The first-order valence-corrected chi connectivity index (χ1v) is 9.09. The van der Waals surface area contributed by atoms with E-state index in [-0.39, 0.29) is 16.8 Å². The summed E-state index contributed by atoms with van der Waals surface area (Å²) in [4.78, 5) is 36.9. The van der Waals surface area contributed by atoms with E-state index in [9.17, 15) is 19.7 Å². The number of nitrogens with one attached hydrogen (secondary N) is 1. The second kappa shape index (κ2) is 8.08. The van der Waals surface area contributed by atoms with Crippen molar-refractivity contribution in [2.24, 2.45) is 11.7 Å². The van der Waals surface area contributed by atoms with Crippen molar-refractivity contribution in [2.75, 3.05) is 23.3 Å². The lowest BCUT2D eigenvalue weighted by molar-refractivity contribution is -0.384. The Morgan fingerprint density at radius 3 is 2.50 bits per heavy atom. The number of nitrogens with zero attached hydrogens (tertiary/aromatic N) is 2. The molecule has 1 fully saturated rings. The zero-order valence-corrected chi connectivity index (χ0v) is 15.6. The second-order valence-corrected chi connectivity index (χ2v) is 7.03. The highest BCUT2D eigenvalue weighted by Crippen LogP contribution is 2.32.